The Balaban J connectivity index is 1.21. The van der Waals surface area contributed by atoms with Crippen LogP contribution in [0, 0.1) is 18.3 Å². The van der Waals surface area contributed by atoms with E-state index in [2.05, 4.69) is 26.4 Å². The van der Waals surface area contributed by atoms with Crippen LogP contribution in [0.25, 0.3) is 0 Å². The average molecular weight is 302 g/mol. The van der Waals surface area contributed by atoms with Crippen LogP contribution >= 0.6 is 0 Å². The molecule has 1 spiro atoms. The third-order valence-electron chi connectivity index (χ3n) is 5.60. The van der Waals surface area contributed by atoms with Crippen molar-refractivity contribution in [3.63, 3.8) is 0 Å². The molecule has 4 fully saturated rings. The summed E-state index contributed by atoms with van der Waals surface area (Å²) in [5.74, 6) is 3.44. The fourth-order valence-corrected chi connectivity index (χ4v) is 4.22. The van der Waals surface area contributed by atoms with E-state index in [1.54, 1.807) is 0 Å². The van der Waals surface area contributed by atoms with Crippen LogP contribution in [-0.4, -0.2) is 54.4 Å². The van der Waals surface area contributed by atoms with Gasteiger partial charge in [0, 0.05) is 44.4 Å². The largest absolute Gasteiger partial charge is 0.365 e. The lowest BCUT2D eigenvalue weighted by molar-refractivity contribution is -0.149. The van der Waals surface area contributed by atoms with Crippen LogP contribution in [0.3, 0.4) is 0 Å². The number of terminal acetylenes is 1. The summed E-state index contributed by atoms with van der Waals surface area (Å²) in [6.07, 6.45) is 9.61. The Morgan fingerprint density at radius 3 is 2.91 bits per heavy atom. The number of carbonyl (C=O) groups excluding carboxylic acids is 1. The van der Waals surface area contributed by atoms with Crippen molar-refractivity contribution in [3.05, 3.63) is 0 Å². The number of ether oxygens (including phenoxy) is 1. The number of hydrogen-bond donors (Lipinski definition) is 1. The molecule has 22 heavy (non-hydrogen) atoms. The van der Waals surface area contributed by atoms with Crippen LogP contribution in [0.2, 0.25) is 0 Å². The SMILES string of the molecule is C#CCCC1(CCNC(=O)C2CN3CC4CC3(CO2)C4)N=N1. The Bertz CT molecular complexity index is 541. The summed E-state index contributed by atoms with van der Waals surface area (Å²) in [6, 6.07) is 0. The molecular formula is C16H22N4O2. The Hall–Kier alpha value is -1.45. The molecular weight excluding hydrogens is 280 g/mol. The van der Waals surface area contributed by atoms with E-state index in [1.807, 2.05) is 0 Å². The maximum Gasteiger partial charge on any atom is 0.250 e. The molecule has 6 nitrogen and oxygen atoms in total. The second-order valence-corrected chi connectivity index (χ2v) is 7.13. The van der Waals surface area contributed by atoms with Crippen molar-refractivity contribution >= 4 is 5.91 Å². The van der Waals surface area contributed by atoms with Gasteiger partial charge in [0.05, 0.1) is 6.61 Å². The lowest BCUT2D eigenvalue weighted by atomic mass is 9.73. The van der Waals surface area contributed by atoms with Crippen LogP contribution in [-0.2, 0) is 9.53 Å². The van der Waals surface area contributed by atoms with Crippen LogP contribution in [0.1, 0.15) is 32.1 Å². The third-order valence-corrected chi connectivity index (χ3v) is 5.60. The number of morpholine rings is 1. The summed E-state index contributed by atoms with van der Waals surface area (Å²) >= 11 is 0. The molecule has 3 saturated heterocycles. The molecule has 5 rings (SSSR count). The van der Waals surface area contributed by atoms with E-state index in [9.17, 15) is 4.79 Å². The number of nitrogens with one attached hydrogen (secondary N) is 1. The zero-order valence-electron chi connectivity index (χ0n) is 12.8. The molecule has 0 aromatic rings. The molecule has 0 radical (unpaired) electrons. The van der Waals surface area contributed by atoms with Crippen molar-refractivity contribution < 1.29 is 9.53 Å². The number of amides is 1. The van der Waals surface area contributed by atoms with Crippen LogP contribution in [0.15, 0.2) is 10.2 Å². The molecule has 1 saturated carbocycles. The van der Waals surface area contributed by atoms with Crippen molar-refractivity contribution in [2.45, 2.75) is 49.4 Å². The highest BCUT2D eigenvalue weighted by Crippen LogP contribution is 2.52. The van der Waals surface area contributed by atoms with Gasteiger partial charge in [0.2, 0.25) is 5.91 Å². The Labute approximate surface area is 130 Å². The van der Waals surface area contributed by atoms with Crippen molar-refractivity contribution in [3.8, 4) is 12.3 Å². The summed E-state index contributed by atoms with van der Waals surface area (Å²) in [6.45, 7) is 3.15. The van der Waals surface area contributed by atoms with Crippen LogP contribution in [0.4, 0.5) is 0 Å². The lowest BCUT2D eigenvalue weighted by Crippen LogP contribution is -2.59. The molecule has 118 valence electrons. The number of hydrogen-bond acceptors (Lipinski definition) is 5. The fraction of sp³-hybridized carbons (Fsp3) is 0.812. The summed E-state index contributed by atoms with van der Waals surface area (Å²) in [5, 5.41) is 11.1. The zero-order chi connectivity index (χ0) is 15.2. The molecule has 0 aromatic carbocycles. The van der Waals surface area contributed by atoms with Crippen molar-refractivity contribution in [1.29, 1.82) is 0 Å². The first-order valence-electron chi connectivity index (χ1n) is 8.17. The molecule has 2 bridgehead atoms. The molecule has 6 heteroatoms. The number of rotatable bonds is 6. The zero-order valence-corrected chi connectivity index (χ0v) is 12.8. The standard InChI is InChI=1S/C16H22N4O2/c1-2-3-4-16(18-19-16)5-6-17-14(21)13-10-20-9-12-7-15(20,8-12)11-22-13/h1,12-13H,3-11H2,(H,17,21). The smallest absolute Gasteiger partial charge is 0.250 e. The summed E-state index contributed by atoms with van der Waals surface area (Å²) in [5.41, 5.74) is -0.0557. The minimum absolute atomic E-state index is 0.00769. The molecule has 1 N–H and O–H groups in total. The van der Waals surface area contributed by atoms with E-state index < -0.39 is 0 Å². The molecule has 1 atom stereocenters. The van der Waals surface area contributed by atoms with Gasteiger partial charge in [-0.3, -0.25) is 9.69 Å². The first kappa shape index (κ1) is 14.2. The van der Waals surface area contributed by atoms with Gasteiger partial charge >= 0.3 is 0 Å². The maximum atomic E-state index is 12.3. The van der Waals surface area contributed by atoms with Gasteiger partial charge in [-0.05, 0) is 18.8 Å². The highest BCUT2D eigenvalue weighted by atomic mass is 16.5. The van der Waals surface area contributed by atoms with Gasteiger partial charge in [-0.15, -0.1) is 12.3 Å². The lowest BCUT2D eigenvalue weighted by Gasteiger charge is -2.47. The minimum Gasteiger partial charge on any atom is -0.365 e. The van der Waals surface area contributed by atoms with Gasteiger partial charge < -0.3 is 10.1 Å². The topological polar surface area (TPSA) is 66.3 Å². The van der Waals surface area contributed by atoms with Gasteiger partial charge in [0.1, 0.15) is 6.10 Å². The Morgan fingerprint density at radius 2 is 2.18 bits per heavy atom. The van der Waals surface area contributed by atoms with Crippen molar-refractivity contribution in [2.24, 2.45) is 16.1 Å². The molecule has 1 aliphatic carbocycles. The normalized spacial score (nSPS) is 37.0. The van der Waals surface area contributed by atoms with Crippen molar-refractivity contribution in [2.75, 3.05) is 26.2 Å². The van der Waals surface area contributed by atoms with Gasteiger partial charge in [-0.2, -0.15) is 10.2 Å². The molecule has 5 aliphatic rings. The number of carbonyl (C=O) groups is 1. The molecule has 0 aromatic heterocycles. The molecule has 4 heterocycles. The quantitative estimate of drug-likeness (QED) is 0.742. The van der Waals surface area contributed by atoms with Crippen LogP contribution in [0.5, 0.6) is 0 Å². The van der Waals surface area contributed by atoms with E-state index >= 15 is 0 Å². The van der Waals surface area contributed by atoms with Crippen molar-refractivity contribution in [1.82, 2.24) is 10.2 Å². The van der Waals surface area contributed by atoms with Crippen LogP contribution < -0.4 is 5.32 Å². The van der Waals surface area contributed by atoms with Gasteiger partial charge in [-0.1, -0.05) is 0 Å². The predicted octanol–water partition coefficient (Wildman–Crippen LogP) is 0.931. The summed E-state index contributed by atoms with van der Waals surface area (Å²) in [4.78, 5) is 14.7. The summed E-state index contributed by atoms with van der Waals surface area (Å²) < 4.78 is 5.83. The van der Waals surface area contributed by atoms with E-state index in [0.29, 0.717) is 19.6 Å². The van der Waals surface area contributed by atoms with E-state index in [0.717, 1.165) is 31.8 Å². The molecule has 1 amide bonds. The second-order valence-electron chi connectivity index (χ2n) is 7.13. The first-order chi connectivity index (χ1) is 10.6. The minimum atomic E-state index is -0.334. The Morgan fingerprint density at radius 1 is 1.36 bits per heavy atom. The molecule has 1 unspecified atom stereocenters. The molecule has 4 aliphatic heterocycles. The summed E-state index contributed by atoms with van der Waals surface area (Å²) in [7, 11) is 0. The predicted molar refractivity (Wildman–Crippen MR) is 80.0 cm³/mol. The Kier molecular flexibility index (Phi) is 3.24. The van der Waals surface area contributed by atoms with Gasteiger partial charge in [0.25, 0.3) is 0 Å². The van der Waals surface area contributed by atoms with E-state index in [1.165, 1.54) is 12.8 Å². The maximum absolute atomic E-state index is 12.3. The third kappa shape index (κ3) is 2.33. The monoisotopic (exact) mass is 302 g/mol. The average Bonchev–Trinajstić information content (AvgIpc) is 3.02. The van der Waals surface area contributed by atoms with Gasteiger partial charge in [-0.25, -0.2) is 0 Å². The van der Waals surface area contributed by atoms with E-state index in [4.69, 9.17) is 11.2 Å². The highest BCUT2D eigenvalue weighted by Gasteiger charge is 2.58. The van der Waals surface area contributed by atoms with Gasteiger partial charge in [0.15, 0.2) is 5.66 Å². The second kappa shape index (κ2) is 5.04. The fourth-order valence-electron chi connectivity index (χ4n) is 4.22. The highest BCUT2D eigenvalue weighted by molar-refractivity contribution is 5.81. The van der Waals surface area contributed by atoms with E-state index in [-0.39, 0.29) is 23.2 Å². The number of nitrogens with zero attached hydrogens (tertiary/aromatic N) is 3. The first-order valence-corrected chi connectivity index (χ1v) is 8.17.